The Labute approximate surface area is 179 Å². The first-order valence-corrected chi connectivity index (χ1v) is 11.5. The van der Waals surface area contributed by atoms with Crippen LogP contribution < -0.4 is 5.32 Å². The maximum Gasteiger partial charge on any atom is 0.277 e. The zero-order valence-electron chi connectivity index (χ0n) is 16.9. The molecule has 0 radical (unpaired) electrons. The van der Waals surface area contributed by atoms with E-state index in [0.29, 0.717) is 34.9 Å². The Balaban J connectivity index is 1.78. The van der Waals surface area contributed by atoms with Crippen LogP contribution in [0.5, 0.6) is 0 Å². The van der Waals surface area contributed by atoms with Crippen molar-refractivity contribution < 1.29 is 17.2 Å². The number of fused-ring (bicyclic) bond motifs is 1. The van der Waals surface area contributed by atoms with Gasteiger partial charge in [-0.1, -0.05) is 18.2 Å². The zero-order valence-corrected chi connectivity index (χ0v) is 17.7. The van der Waals surface area contributed by atoms with Gasteiger partial charge in [-0.15, -0.1) is 0 Å². The van der Waals surface area contributed by atoms with E-state index in [2.05, 4.69) is 20.3 Å². The maximum atomic E-state index is 13.3. The largest absolute Gasteiger partial charge is 0.353 e. The van der Waals surface area contributed by atoms with E-state index in [1.54, 1.807) is 24.3 Å². The Hall–Kier alpha value is -3.20. The lowest BCUT2D eigenvalue weighted by molar-refractivity contribution is 0.224. The molecule has 31 heavy (non-hydrogen) atoms. The molecule has 0 saturated carbocycles. The third-order valence-electron chi connectivity index (χ3n) is 4.84. The Bertz CT molecular complexity index is 1290. The van der Waals surface area contributed by atoms with Gasteiger partial charge in [0, 0.05) is 36.2 Å². The van der Waals surface area contributed by atoms with Crippen LogP contribution in [0, 0.1) is 6.92 Å². The van der Waals surface area contributed by atoms with Gasteiger partial charge in [-0.05, 0) is 37.3 Å². The van der Waals surface area contributed by atoms with Gasteiger partial charge in [-0.25, -0.2) is 22.2 Å². The highest BCUT2D eigenvalue weighted by atomic mass is 32.2. The number of nitrogens with one attached hydrogen (secondary N) is 1. The van der Waals surface area contributed by atoms with Crippen LogP contribution in [-0.2, 0) is 22.7 Å². The number of pyridine rings is 2. The molecule has 0 fully saturated rings. The average Bonchev–Trinajstić information content (AvgIpc) is 3.12. The van der Waals surface area contributed by atoms with Crippen molar-refractivity contribution in [2.45, 2.75) is 31.1 Å². The highest BCUT2D eigenvalue weighted by Crippen LogP contribution is 2.38. The SMILES string of the molecule is Cc1cccc(Cc2cc(Nc3ccccc3S(C)(=O)=O)c3c(n2)CC(C(F)F)=N3)n1. The van der Waals surface area contributed by atoms with Crippen molar-refractivity contribution >= 4 is 32.6 Å². The second kappa shape index (κ2) is 8.14. The molecule has 4 rings (SSSR count). The van der Waals surface area contributed by atoms with E-state index < -0.39 is 16.3 Å². The van der Waals surface area contributed by atoms with Gasteiger partial charge in [-0.2, -0.15) is 0 Å². The van der Waals surface area contributed by atoms with E-state index in [-0.39, 0.29) is 17.0 Å². The van der Waals surface area contributed by atoms with Gasteiger partial charge in [0.15, 0.2) is 9.84 Å². The van der Waals surface area contributed by atoms with Crippen LogP contribution in [0.1, 0.15) is 22.8 Å². The second-order valence-electron chi connectivity index (χ2n) is 7.38. The lowest BCUT2D eigenvalue weighted by Crippen LogP contribution is -2.10. The molecule has 1 aliphatic rings. The number of alkyl halides is 2. The molecule has 2 aromatic heterocycles. The van der Waals surface area contributed by atoms with Crippen molar-refractivity contribution in [1.82, 2.24) is 9.97 Å². The summed E-state index contributed by atoms with van der Waals surface area (Å²) in [6.45, 7) is 1.89. The third-order valence-corrected chi connectivity index (χ3v) is 5.99. The van der Waals surface area contributed by atoms with Crippen LogP contribution in [0.15, 0.2) is 58.4 Å². The van der Waals surface area contributed by atoms with Crippen LogP contribution >= 0.6 is 0 Å². The van der Waals surface area contributed by atoms with Crippen LogP contribution in [0.4, 0.5) is 25.8 Å². The second-order valence-corrected chi connectivity index (χ2v) is 9.36. The smallest absolute Gasteiger partial charge is 0.277 e. The number of nitrogens with zero attached hydrogens (tertiary/aromatic N) is 3. The Kier molecular flexibility index (Phi) is 5.53. The minimum Gasteiger partial charge on any atom is -0.353 e. The van der Waals surface area contributed by atoms with Crippen LogP contribution in [0.25, 0.3) is 0 Å². The Morgan fingerprint density at radius 2 is 1.81 bits per heavy atom. The number of rotatable bonds is 6. The third kappa shape index (κ3) is 4.61. The number of sulfone groups is 1. The normalized spacial score (nSPS) is 13.3. The van der Waals surface area contributed by atoms with Crippen LogP contribution in [-0.4, -0.2) is 36.8 Å². The summed E-state index contributed by atoms with van der Waals surface area (Å²) in [7, 11) is -3.50. The van der Waals surface area contributed by atoms with Crippen molar-refractivity contribution in [3.8, 4) is 0 Å². The molecule has 3 heterocycles. The van der Waals surface area contributed by atoms with E-state index in [0.717, 1.165) is 17.6 Å². The number of aliphatic imine (C=N–C) groups is 1. The fourth-order valence-electron chi connectivity index (χ4n) is 3.49. The summed E-state index contributed by atoms with van der Waals surface area (Å²) < 4.78 is 51.0. The molecule has 9 heteroatoms. The van der Waals surface area contributed by atoms with Crippen molar-refractivity contribution in [1.29, 1.82) is 0 Å². The van der Waals surface area contributed by atoms with E-state index >= 15 is 0 Å². The molecule has 0 amide bonds. The fourth-order valence-corrected chi connectivity index (χ4v) is 4.33. The molecule has 0 aliphatic carbocycles. The fraction of sp³-hybridized carbons (Fsp3) is 0.227. The van der Waals surface area contributed by atoms with Gasteiger partial charge < -0.3 is 5.32 Å². The van der Waals surface area contributed by atoms with Crippen LogP contribution in [0.2, 0.25) is 0 Å². The first kappa shape index (κ1) is 21.0. The van der Waals surface area contributed by atoms with E-state index in [1.807, 2.05) is 25.1 Å². The maximum absolute atomic E-state index is 13.3. The number of para-hydroxylation sites is 1. The zero-order chi connectivity index (χ0) is 22.2. The number of hydrogen-bond donors (Lipinski definition) is 1. The molecule has 1 aliphatic heterocycles. The number of halogens is 2. The van der Waals surface area contributed by atoms with Gasteiger partial charge in [0.1, 0.15) is 5.69 Å². The van der Waals surface area contributed by atoms with Crippen molar-refractivity contribution in [3.05, 3.63) is 71.3 Å². The molecule has 1 N–H and O–H groups in total. The number of anilines is 2. The summed E-state index contributed by atoms with van der Waals surface area (Å²) in [5.41, 5.74) is 3.54. The monoisotopic (exact) mass is 442 g/mol. The summed E-state index contributed by atoms with van der Waals surface area (Å²) in [6, 6.07) is 13.8. The summed E-state index contributed by atoms with van der Waals surface area (Å²) in [6.07, 6.45) is -1.22. The number of aryl methyl sites for hydroxylation is 1. The molecule has 1 aromatic carbocycles. The first-order chi connectivity index (χ1) is 14.7. The molecule has 0 atom stereocenters. The Morgan fingerprint density at radius 3 is 2.52 bits per heavy atom. The number of benzene rings is 1. The molecule has 0 spiro atoms. The molecule has 3 aromatic rings. The minimum atomic E-state index is -3.50. The molecule has 160 valence electrons. The molecular weight excluding hydrogens is 422 g/mol. The molecule has 0 bridgehead atoms. The first-order valence-electron chi connectivity index (χ1n) is 9.58. The van der Waals surface area contributed by atoms with Gasteiger partial charge in [0.2, 0.25) is 0 Å². The lowest BCUT2D eigenvalue weighted by Gasteiger charge is -2.14. The van der Waals surface area contributed by atoms with Gasteiger partial charge in [0.25, 0.3) is 6.43 Å². The van der Waals surface area contributed by atoms with Gasteiger partial charge in [0.05, 0.1) is 27.7 Å². The van der Waals surface area contributed by atoms with Gasteiger partial charge >= 0.3 is 0 Å². The average molecular weight is 442 g/mol. The predicted octanol–water partition coefficient (Wildman–Crippen LogP) is 4.42. The number of aromatic nitrogens is 2. The van der Waals surface area contributed by atoms with E-state index in [9.17, 15) is 17.2 Å². The quantitative estimate of drug-likeness (QED) is 0.611. The van der Waals surface area contributed by atoms with Gasteiger partial charge in [-0.3, -0.25) is 9.97 Å². The van der Waals surface area contributed by atoms with Crippen LogP contribution in [0.3, 0.4) is 0 Å². The Morgan fingerprint density at radius 1 is 1.03 bits per heavy atom. The van der Waals surface area contributed by atoms with Crippen molar-refractivity contribution in [2.75, 3.05) is 11.6 Å². The standard InChI is InChI=1S/C22H20F2N4O2S/c1-13-6-5-7-14(25-13)10-15-11-17(21-18(26-15)12-19(28-21)22(23)24)27-16-8-3-4-9-20(16)31(2,29)30/h3-9,11,22H,10,12H2,1-2H3,(H,26,27). The molecular formula is C22H20F2N4O2S. The van der Waals surface area contributed by atoms with E-state index in [1.165, 1.54) is 6.07 Å². The molecule has 6 nitrogen and oxygen atoms in total. The summed E-state index contributed by atoms with van der Waals surface area (Å²) in [4.78, 5) is 13.2. The molecule has 0 saturated heterocycles. The summed E-state index contributed by atoms with van der Waals surface area (Å²) in [5.74, 6) is 0. The lowest BCUT2D eigenvalue weighted by atomic mass is 10.1. The van der Waals surface area contributed by atoms with E-state index in [4.69, 9.17) is 0 Å². The van der Waals surface area contributed by atoms with Crippen molar-refractivity contribution in [2.24, 2.45) is 4.99 Å². The minimum absolute atomic E-state index is 0.0511. The molecule has 0 unspecified atom stereocenters. The number of hydrogen-bond acceptors (Lipinski definition) is 6. The summed E-state index contributed by atoms with van der Waals surface area (Å²) in [5, 5.41) is 3.08. The highest BCUT2D eigenvalue weighted by Gasteiger charge is 2.26. The summed E-state index contributed by atoms with van der Waals surface area (Å²) >= 11 is 0. The topological polar surface area (TPSA) is 84.3 Å². The van der Waals surface area contributed by atoms with Crippen molar-refractivity contribution in [3.63, 3.8) is 0 Å². The highest BCUT2D eigenvalue weighted by molar-refractivity contribution is 7.90. The predicted molar refractivity (Wildman–Crippen MR) is 116 cm³/mol.